The number of hydrogen-bond donors (Lipinski definition) is 1. The molecule has 1 unspecified atom stereocenters. The summed E-state index contributed by atoms with van der Waals surface area (Å²) in [5, 5.41) is 3.59. The molecule has 33 heavy (non-hydrogen) atoms. The zero-order chi connectivity index (χ0) is 23.8. The van der Waals surface area contributed by atoms with Crippen molar-refractivity contribution in [2.45, 2.75) is 45.3 Å². The first-order valence-electron chi connectivity index (χ1n) is 10.9. The van der Waals surface area contributed by atoms with E-state index in [2.05, 4.69) is 21.2 Å². The van der Waals surface area contributed by atoms with Crippen LogP contribution in [-0.2, 0) is 29.0 Å². The highest BCUT2D eigenvalue weighted by molar-refractivity contribution is 9.10. The molecular formula is C27H28BrClN2O2. The maximum Gasteiger partial charge on any atom is 0.243 e. The summed E-state index contributed by atoms with van der Waals surface area (Å²) in [5.41, 5.74) is 2.77. The van der Waals surface area contributed by atoms with E-state index in [1.165, 1.54) is 0 Å². The van der Waals surface area contributed by atoms with Gasteiger partial charge in [-0.1, -0.05) is 82.1 Å². The molecule has 0 saturated heterocycles. The average Bonchev–Trinajstić information content (AvgIpc) is 2.77. The highest BCUT2D eigenvalue weighted by atomic mass is 79.9. The highest BCUT2D eigenvalue weighted by Crippen LogP contribution is 2.19. The maximum atomic E-state index is 13.6. The molecule has 1 atom stereocenters. The molecule has 0 bridgehead atoms. The molecule has 0 aliphatic rings. The summed E-state index contributed by atoms with van der Waals surface area (Å²) in [6, 6.07) is 24.2. The van der Waals surface area contributed by atoms with Crippen molar-refractivity contribution in [3.05, 3.63) is 105 Å². The summed E-state index contributed by atoms with van der Waals surface area (Å²) in [5.74, 6) is -0.287. The van der Waals surface area contributed by atoms with Gasteiger partial charge < -0.3 is 10.2 Å². The van der Waals surface area contributed by atoms with Crippen LogP contribution in [0.1, 0.15) is 30.5 Å². The van der Waals surface area contributed by atoms with Gasteiger partial charge in [-0.05, 0) is 54.8 Å². The van der Waals surface area contributed by atoms with Crippen LogP contribution in [-0.4, -0.2) is 28.8 Å². The zero-order valence-electron chi connectivity index (χ0n) is 18.8. The van der Waals surface area contributed by atoms with Crippen molar-refractivity contribution < 1.29 is 9.59 Å². The Balaban J connectivity index is 1.96. The van der Waals surface area contributed by atoms with Gasteiger partial charge in [0, 0.05) is 28.5 Å². The van der Waals surface area contributed by atoms with Crippen LogP contribution in [0.2, 0.25) is 5.02 Å². The Morgan fingerprint density at radius 2 is 1.58 bits per heavy atom. The predicted octanol–water partition coefficient (Wildman–Crippen LogP) is 5.81. The molecule has 4 nitrogen and oxygen atoms in total. The van der Waals surface area contributed by atoms with Gasteiger partial charge in [0.2, 0.25) is 11.8 Å². The lowest BCUT2D eigenvalue weighted by atomic mass is 10.0. The third kappa shape index (κ3) is 7.72. The lowest BCUT2D eigenvalue weighted by Crippen LogP contribution is -2.52. The number of nitrogens with zero attached hydrogens (tertiary/aromatic N) is 1. The summed E-state index contributed by atoms with van der Waals surface area (Å²) in [7, 11) is 0. The smallest absolute Gasteiger partial charge is 0.243 e. The van der Waals surface area contributed by atoms with Crippen molar-refractivity contribution in [3.8, 4) is 0 Å². The number of hydrogen-bond acceptors (Lipinski definition) is 2. The number of halogens is 2. The standard InChI is InChI=1S/C27H28BrClN2O2/c1-19(2)30-27(33)25(16-20-7-4-3-5-8-20)31(18-21-11-13-23(28)14-12-21)26(32)17-22-9-6-10-24(29)15-22/h3-15,19,25H,16-18H2,1-2H3,(H,30,33). The average molecular weight is 528 g/mol. The monoisotopic (exact) mass is 526 g/mol. The number of benzene rings is 3. The molecule has 0 aromatic heterocycles. The van der Waals surface area contributed by atoms with E-state index >= 15 is 0 Å². The number of amides is 2. The highest BCUT2D eigenvalue weighted by Gasteiger charge is 2.30. The van der Waals surface area contributed by atoms with Gasteiger partial charge in [0.25, 0.3) is 0 Å². The number of carbonyl (C=O) groups excluding carboxylic acids is 2. The fraction of sp³-hybridized carbons (Fsp3) is 0.259. The molecular weight excluding hydrogens is 500 g/mol. The number of carbonyl (C=O) groups is 2. The van der Waals surface area contributed by atoms with Crippen LogP contribution in [0.5, 0.6) is 0 Å². The van der Waals surface area contributed by atoms with E-state index in [9.17, 15) is 9.59 Å². The van der Waals surface area contributed by atoms with Crippen LogP contribution >= 0.6 is 27.5 Å². The Hall–Kier alpha value is -2.63. The van der Waals surface area contributed by atoms with E-state index in [0.717, 1.165) is 21.2 Å². The van der Waals surface area contributed by atoms with Crippen LogP contribution in [0, 0.1) is 0 Å². The predicted molar refractivity (Wildman–Crippen MR) is 137 cm³/mol. The van der Waals surface area contributed by atoms with Gasteiger partial charge >= 0.3 is 0 Å². The first-order valence-corrected chi connectivity index (χ1v) is 12.1. The second-order valence-corrected chi connectivity index (χ2v) is 9.68. The molecule has 0 heterocycles. The Bertz CT molecular complexity index is 1070. The quantitative estimate of drug-likeness (QED) is 0.382. The third-order valence-electron chi connectivity index (χ3n) is 5.21. The van der Waals surface area contributed by atoms with Gasteiger partial charge in [0.1, 0.15) is 6.04 Å². The van der Waals surface area contributed by atoms with Gasteiger partial charge in [-0.3, -0.25) is 9.59 Å². The Morgan fingerprint density at radius 1 is 0.909 bits per heavy atom. The minimum Gasteiger partial charge on any atom is -0.352 e. The largest absolute Gasteiger partial charge is 0.352 e. The Morgan fingerprint density at radius 3 is 2.21 bits per heavy atom. The minimum atomic E-state index is -0.648. The van der Waals surface area contributed by atoms with Crippen molar-refractivity contribution in [1.29, 1.82) is 0 Å². The number of nitrogens with one attached hydrogen (secondary N) is 1. The molecule has 2 amide bonds. The molecule has 0 radical (unpaired) electrons. The lowest BCUT2D eigenvalue weighted by Gasteiger charge is -2.32. The molecule has 0 saturated carbocycles. The van der Waals surface area contributed by atoms with Gasteiger partial charge in [0.15, 0.2) is 0 Å². The van der Waals surface area contributed by atoms with Gasteiger partial charge in [0.05, 0.1) is 6.42 Å². The van der Waals surface area contributed by atoms with Gasteiger partial charge in [-0.25, -0.2) is 0 Å². The molecule has 0 spiro atoms. The second-order valence-electron chi connectivity index (χ2n) is 8.32. The molecule has 0 aliphatic carbocycles. The lowest BCUT2D eigenvalue weighted by molar-refractivity contribution is -0.141. The van der Waals surface area contributed by atoms with Gasteiger partial charge in [-0.15, -0.1) is 0 Å². The van der Waals surface area contributed by atoms with Crippen LogP contribution < -0.4 is 5.32 Å². The van der Waals surface area contributed by atoms with Crippen molar-refractivity contribution in [3.63, 3.8) is 0 Å². The summed E-state index contributed by atoms with van der Waals surface area (Å²) in [4.78, 5) is 28.6. The second kappa shape index (κ2) is 12.0. The summed E-state index contributed by atoms with van der Waals surface area (Å²) >= 11 is 9.59. The van der Waals surface area contributed by atoms with E-state index in [1.807, 2.05) is 80.6 Å². The summed E-state index contributed by atoms with van der Waals surface area (Å²) < 4.78 is 0.960. The fourth-order valence-corrected chi connectivity index (χ4v) is 4.12. The Kier molecular flexibility index (Phi) is 9.10. The van der Waals surface area contributed by atoms with Crippen molar-refractivity contribution >= 4 is 39.3 Å². The molecule has 3 aromatic rings. The van der Waals surface area contributed by atoms with Crippen LogP contribution in [0.4, 0.5) is 0 Å². The maximum absolute atomic E-state index is 13.6. The van der Waals surface area contributed by atoms with Crippen LogP contribution in [0.25, 0.3) is 0 Å². The number of rotatable bonds is 9. The summed E-state index contributed by atoms with van der Waals surface area (Å²) in [6.45, 7) is 4.17. The topological polar surface area (TPSA) is 49.4 Å². The normalized spacial score (nSPS) is 11.8. The molecule has 172 valence electrons. The SMILES string of the molecule is CC(C)NC(=O)C(Cc1ccccc1)N(Cc1ccc(Br)cc1)C(=O)Cc1cccc(Cl)c1. The molecule has 6 heteroatoms. The first-order chi connectivity index (χ1) is 15.8. The van der Waals surface area contributed by atoms with Crippen LogP contribution in [0.15, 0.2) is 83.3 Å². The van der Waals surface area contributed by atoms with Crippen LogP contribution in [0.3, 0.4) is 0 Å². The van der Waals surface area contributed by atoms with E-state index in [1.54, 1.807) is 17.0 Å². The van der Waals surface area contributed by atoms with Crippen molar-refractivity contribution in [2.24, 2.45) is 0 Å². The summed E-state index contributed by atoms with van der Waals surface area (Å²) in [6.07, 6.45) is 0.592. The zero-order valence-corrected chi connectivity index (χ0v) is 21.1. The van der Waals surface area contributed by atoms with Crippen molar-refractivity contribution in [2.75, 3.05) is 0 Å². The fourth-order valence-electron chi connectivity index (χ4n) is 3.64. The molecule has 1 N–H and O–H groups in total. The molecule has 3 aromatic carbocycles. The molecule has 0 aliphatic heterocycles. The Labute approximate surface area is 209 Å². The molecule has 3 rings (SSSR count). The third-order valence-corrected chi connectivity index (χ3v) is 5.98. The van der Waals surface area contributed by atoms with E-state index < -0.39 is 6.04 Å². The van der Waals surface area contributed by atoms with E-state index in [-0.39, 0.29) is 24.3 Å². The van der Waals surface area contributed by atoms with E-state index in [4.69, 9.17) is 11.6 Å². The van der Waals surface area contributed by atoms with E-state index in [0.29, 0.717) is 18.0 Å². The minimum absolute atomic E-state index is 0.0339. The first kappa shape index (κ1) is 25.0. The van der Waals surface area contributed by atoms with Gasteiger partial charge in [-0.2, -0.15) is 0 Å². The molecule has 0 fully saturated rings. The van der Waals surface area contributed by atoms with Crippen molar-refractivity contribution in [1.82, 2.24) is 10.2 Å².